The Morgan fingerprint density at radius 1 is 1.19 bits per heavy atom. The monoisotopic (exact) mass is 376 g/mol. The largest absolute Gasteiger partial charge is 0.478 e. The Morgan fingerprint density at radius 2 is 1.81 bits per heavy atom. The van der Waals surface area contributed by atoms with Crippen LogP contribution >= 0.6 is 0 Å². The van der Waals surface area contributed by atoms with E-state index in [1.807, 2.05) is 36.1 Å². The Morgan fingerprint density at radius 3 is 2.41 bits per heavy atom. The van der Waals surface area contributed by atoms with E-state index in [2.05, 4.69) is 11.5 Å². The first kappa shape index (κ1) is 18.4. The van der Waals surface area contributed by atoms with Crippen LogP contribution in [0.2, 0.25) is 0 Å². The van der Waals surface area contributed by atoms with Crippen LogP contribution in [0.3, 0.4) is 0 Å². The Kier molecular flexibility index (Phi) is 4.49. The minimum absolute atomic E-state index is 0.0960. The highest BCUT2D eigenvalue weighted by Gasteiger charge is 2.47. The summed E-state index contributed by atoms with van der Waals surface area (Å²) in [4.78, 5) is 13.7. The van der Waals surface area contributed by atoms with Crippen molar-refractivity contribution in [3.05, 3.63) is 35.5 Å². The van der Waals surface area contributed by atoms with Crippen molar-refractivity contribution in [1.29, 1.82) is 0 Å². The van der Waals surface area contributed by atoms with Gasteiger partial charge in [-0.25, -0.2) is 13.6 Å². The molecule has 0 unspecified atom stereocenters. The molecule has 27 heavy (non-hydrogen) atoms. The number of hydrogen-bond acceptors (Lipinski definition) is 2. The van der Waals surface area contributed by atoms with Crippen LogP contribution < -0.4 is 0 Å². The second kappa shape index (κ2) is 6.59. The standard InChI is InChI=1S/C21H26F2N2O2/c1-13(15-7-9-16(10-8-15)24-11-21(22,23)12-24)25-14(2)19(20(26)27)17-5-3-4-6-18(17)25/h3-6,13,15-16H,7-12H2,1-2H3,(H,26,27)/t13-,15?,16?/m1/s1. The lowest BCUT2D eigenvalue weighted by Crippen LogP contribution is -2.60. The molecule has 0 amide bonds. The van der Waals surface area contributed by atoms with E-state index in [0.717, 1.165) is 42.3 Å². The molecule has 2 heterocycles. The summed E-state index contributed by atoms with van der Waals surface area (Å²) in [5.41, 5.74) is 2.14. The number of halogens is 2. The summed E-state index contributed by atoms with van der Waals surface area (Å²) >= 11 is 0. The Hall–Kier alpha value is -1.95. The van der Waals surface area contributed by atoms with Crippen molar-refractivity contribution >= 4 is 16.9 Å². The maximum atomic E-state index is 13.1. The second-order valence-corrected chi connectivity index (χ2v) is 8.22. The van der Waals surface area contributed by atoms with Crippen molar-refractivity contribution < 1.29 is 18.7 Å². The molecule has 4 nitrogen and oxygen atoms in total. The summed E-state index contributed by atoms with van der Waals surface area (Å²) in [5.74, 6) is -2.96. The van der Waals surface area contributed by atoms with Gasteiger partial charge in [0.25, 0.3) is 5.92 Å². The zero-order valence-electron chi connectivity index (χ0n) is 15.8. The van der Waals surface area contributed by atoms with Crippen molar-refractivity contribution in [2.45, 2.75) is 57.5 Å². The molecule has 1 aliphatic heterocycles. The Labute approximate surface area is 157 Å². The number of aromatic carboxylic acids is 1. The fourth-order valence-electron chi connectivity index (χ4n) is 5.15. The quantitative estimate of drug-likeness (QED) is 0.840. The number of fused-ring (bicyclic) bond motifs is 1. The smallest absolute Gasteiger partial charge is 0.338 e. The number of nitrogens with zero attached hydrogens (tertiary/aromatic N) is 2. The van der Waals surface area contributed by atoms with Crippen molar-refractivity contribution in [2.75, 3.05) is 13.1 Å². The van der Waals surface area contributed by atoms with Gasteiger partial charge < -0.3 is 9.67 Å². The lowest BCUT2D eigenvalue weighted by molar-refractivity contribution is -0.151. The van der Waals surface area contributed by atoms with Gasteiger partial charge in [-0.2, -0.15) is 0 Å². The highest BCUT2D eigenvalue weighted by atomic mass is 19.3. The SMILES string of the molecule is Cc1c(C(=O)O)c2ccccc2n1[C@H](C)C1CCC(N2CC(F)(F)C2)CC1. The van der Waals surface area contributed by atoms with Gasteiger partial charge >= 0.3 is 5.97 Å². The predicted octanol–water partition coefficient (Wildman–Crippen LogP) is 4.72. The number of rotatable bonds is 4. The fourth-order valence-corrected chi connectivity index (χ4v) is 5.15. The number of carboxylic acids is 1. The molecule has 1 aromatic heterocycles. The van der Waals surface area contributed by atoms with Crippen LogP contribution in [0.25, 0.3) is 10.9 Å². The number of aromatic nitrogens is 1. The molecule has 6 heteroatoms. The number of benzene rings is 1. The third-order valence-electron chi connectivity index (χ3n) is 6.59. The van der Waals surface area contributed by atoms with E-state index in [9.17, 15) is 18.7 Å². The summed E-state index contributed by atoms with van der Waals surface area (Å²) in [6.45, 7) is 3.85. The fraction of sp³-hybridized carbons (Fsp3) is 0.571. The Bertz CT molecular complexity index is 860. The summed E-state index contributed by atoms with van der Waals surface area (Å²) in [6.07, 6.45) is 3.86. The first-order chi connectivity index (χ1) is 12.8. The summed E-state index contributed by atoms with van der Waals surface area (Å²) in [7, 11) is 0. The molecule has 0 radical (unpaired) electrons. The van der Waals surface area contributed by atoms with Gasteiger partial charge in [0.05, 0.1) is 18.7 Å². The molecule has 2 aliphatic rings. The summed E-state index contributed by atoms with van der Waals surface area (Å²) in [5, 5.41) is 10.4. The molecule has 1 aromatic carbocycles. The molecule has 1 N–H and O–H groups in total. The highest BCUT2D eigenvalue weighted by molar-refractivity contribution is 6.05. The molecule has 146 valence electrons. The molecule has 1 aliphatic carbocycles. The zero-order chi connectivity index (χ0) is 19.3. The first-order valence-electron chi connectivity index (χ1n) is 9.73. The molecule has 1 atom stereocenters. The van der Waals surface area contributed by atoms with Crippen molar-refractivity contribution in [3.63, 3.8) is 0 Å². The van der Waals surface area contributed by atoms with Crippen LogP contribution in [-0.2, 0) is 0 Å². The van der Waals surface area contributed by atoms with Gasteiger partial charge in [0.15, 0.2) is 0 Å². The first-order valence-corrected chi connectivity index (χ1v) is 9.73. The third-order valence-corrected chi connectivity index (χ3v) is 6.59. The molecule has 2 fully saturated rings. The molecule has 1 saturated carbocycles. The average Bonchev–Trinajstić information content (AvgIpc) is 2.91. The van der Waals surface area contributed by atoms with Crippen LogP contribution in [0.4, 0.5) is 8.78 Å². The lowest BCUT2D eigenvalue weighted by Gasteiger charge is -2.46. The van der Waals surface area contributed by atoms with Gasteiger partial charge in [-0.3, -0.25) is 4.90 Å². The number of likely N-dealkylation sites (tertiary alicyclic amines) is 1. The average molecular weight is 376 g/mol. The van der Waals surface area contributed by atoms with Gasteiger partial charge in [0, 0.05) is 28.7 Å². The summed E-state index contributed by atoms with van der Waals surface area (Å²) in [6, 6.07) is 8.12. The highest BCUT2D eigenvalue weighted by Crippen LogP contribution is 2.40. The van der Waals surface area contributed by atoms with Crippen molar-refractivity contribution in [3.8, 4) is 0 Å². The normalized spacial score (nSPS) is 26.7. The van der Waals surface area contributed by atoms with E-state index in [1.54, 1.807) is 0 Å². The lowest BCUT2D eigenvalue weighted by atomic mass is 9.80. The maximum absolute atomic E-state index is 13.1. The van der Waals surface area contributed by atoms with Crippen LogP contribution in [0.5, 0.6) is 0 Å². The molecule has 2 aromatic rings. The zero-order valence-corrected chi connectivity index (χ0v) is 15.8. The van der Waals surface area contributed by atoms with Gasteiger partial charge in [-0.05, 0) is 51.5 Å². The molecule has 0 spiro atoms. The van der Waals surface area contributed by atoms with E-state index in [4.69, 9.17) is 0 Å². The van der Waals surface area contributed by atoms with E-state index >= 15 is 0 Å². The van der Waals surface area contributed by atoms with Crippen LogP contribution in [0.1, 0.15) is 54.7 Å². The minimum Gasteiger partial charge on any atom is -0.478 e. The second-order valence-electron chi connectivity index (χ2n) is 8.22. The van der Waals surface area contributed by atoms with E-state index < -0.39 is 11.9 Å². The summed E-state index contributed by atoms with van der Waals surface area (Å²) < 4.78 is 28.4. The molecule has 1 saturated heterocycles. The number of hydrogen-bond donors (Lipinski definition) is 1. The maximum Gasteiger partial charge on any atom is 0.338 e. The molecule has 0 bridgehead atoms. The van der Waals surface area contributed by atoms with Crippen LogP contribution in [0.15, 0.2) is 24.3 Å². The number of para-hydroxylation sites is 1. The van der Waals surface area contributed by atoms with E-state index in [1.165, 1.54) is 0 Å². The minimum atomic E-state index is -2.50. The molecule has 4 rings (SSSR count). The third kappa shape index (κ3) is 3.14. The number of alkyl halides is 2. The van der Waals surface area contributed by atoms with Crippen LogP contribution in [-0.4, -0.2) is 45.6 Å². The Balaban J connectivity index is 1.53. The molecular weight excluding hydrogens is 350 g/mol. The number of carbonyl (C=O) groups is 1. The van der Waals surface area contributed by atoms with Gasteiger partial charge in [-0.15, -0.1) is 0 Å². The van der Waals surface area contributed by atoms with E-state index in [-0.39, 0.29) is 25.2 Å². The molecular formula is C21H26F2N2O2. The topological polar surface area (TPSA) is 45.5 Å². The van der Waals surface area contributed by atoms with Crippen LogP contribution in [0, 0.1) is 12.8 Å². The van der Waals surface area contributed by atoms with E-state index in [0.29, 0.717) is 11.5 Å². The van der Waals surface area contributed by atoms with Gasteiger partial charge in [-0.1, -0.05) is 18.2 Å². The van der Waals surface area contributed by atoms with Crippen molar-refractivity contribution in [2.24, 2.45) is 5.92 Å². The van der Waals surface area contributed by atoms with Gasteiger partial charge in [0.1, 0.15) is 0 Å². The van der Waals surface area contributed by atoms with Crippen molar-refractivity contribution in [1.82, 2.24) is 9.47 Å². The number of carboxylic acid groups (broad SMARTS) is 1. The van der Waals surface area contributed by atoms with Gasteiger partial charge in [0.2, 0.25) is 0 Å². The predicted molar refractivity (Wildman–Crippen MR) is 101 cm³/mol.